The second-order valence-electron chi connectivity index (χ2n) is 6.40. The minimum absolute atomic E-state index is 0.173. The maximum atomic E-state index is 12.5. The van der Waals surface area contributed by atoms with E-state index in [2.05, 4.69) is 20.3 Å². The highest BCUT2D eigenvalue weighted by Crippen LogP contribution is 2.28. The van der Waals surface area contributed by atoms with Crippen molar-refractivity contribution in [3.05, 3.63) is 77.2 Å². The molecule has 1 aromatic carbocycles. The number of carbonyl (C=O) groups is 1. The molecule has 0 saturated carbocycles. The molecule has 3 heterocycles. The van der Waals surface area contributed by atoms with E-state index in [0.29, 0.717) is 34.1 Å². The summed E-state index contributed by atoms with van der Waals surface area (Å²) in [5.74, 6) is 0.539. The van der Waals surface area contributed by atoms with Gasteiger partial charge in [-0.15, -0.1) is 0 Å². The number of imidazole rings is 1. The summed E-state index contributed by atoms with van der Waals surface area (Å²) < 4.78 is 1.88. The summed E-state index contributed by atoms with van der Waals surface area (Å²) in [5.41, 5.74) is 3.78. The van der Waals surface area contributed by atoms with Crippen molar-refractivity contribution < 1.29 is 4.79 Å². The Kier molecular flexibility index (Phi) is 5.04. The highest BCUT2D eigenvalue weighted by Gasteiger charge is 2.15. The van der Waals surface area contributed by atoms with Crippen LogP contribution in [-0.4, -0.2) is 32.0 Å². The first-order chi connectivity index (χ1) is 13.6. The molecule has 0 radical (unpaired) electrons. The summed E-state index contributed by atoms with van der Waals surface area (Å²) >= 11 is 6.31. The van der Waals surface area contributed by atoms with E-state index in [4.69, 9.17) is 11.6 Å². The van der Waals surface area contributed by atoms with Gasteiger partial charge in [-0.1, -0.05) is 23.7 Å². The summed E-state index contributed by atoms with van der Waals surface area (Å²) in [6, 6.07) is 13.1. The molecule has 0 aliphatic carbocycles. The van der Waals surface area contributed by atoms with Crippen LogP contribution in [0.5, 0.6) is 0 Å². The van der Waals surface area contributed by atoms with Gasteiger partial charge in [0.25, 0.3) is 5.91 Å². The Morgan fingerprint density at radius 1 is 1.18 bits per heavy atom. The SMILES string of the molecule is Cn1c(-c2ccccc2Cl)nc2cc(C(=O)NCCc3ccncc3)cnc21. The Hall–Kier alpha value is -3.25. The van der Waals surface area contributed by atoms with Crippen molar-refractivity contribution in [1.82, 2.24) is 24.8 Å². The second kappa shape index (κ2) is 7.78. The van der Waals surface area contributed by atoms with E-state index >= 15 is 0 Å². The molecule has 0 aliphatic rings. The van der Waals surface area contributed by atoms with E-state index in [1.54, 1.807) is 24.7 Å². The third kappa shape index (κ3) is 3.59. The number of aromatic nitrogens is 4. The summed E-state index contributed by atoms with van der Waals surface area (Å²) in [6.45, 7) is 0.536. The van der Waals surface area contributed by atoms with Gasteiger partial charge in [0, 0.05) is 37.7 Å². The minimum atomic E-state index is -0.173. The van der Waals surface area contributed by atoms with Crippen LogP contribution in [0.4, 0.5) is 0 Å². The standard InChI is InChI=1S/C21H18ClN5O/c1-27-19(16-4-2-3-5-17(16)22)26-18-12-15(13-25-20(18)27)21(28)24-11-8-14-6-9-23-10-7-14/h2-7,9-10,12-13H,8,11H2,1H3,(H,24,28). The fourth-order valence-electron chi connectivity index (χ4n) is 3.06. The molecule has 7 heteroatoms. The molecular weight excluding hydrogens is 374 g/mol. The highest BCUT2D eigenvalue weighted by molar-refractivity contribution is 6.33. The summed E-state index contributed by atoms with van der Waals surface area (Å²) in [7, 11) is 1.88. The molecule has 4 rings (SSSR count). The lowest BCUT2D eigenvalue weighted by Crippen LogP contribution is -2.25. The number of fused-ring (bicyclic) bond motifs is 1. The van der Waals surface area contributed by atoms with E-state index in [-0.39, 0.29) is 5.91 Å². The molecule has 0 aliphatic heterocycles. The van der Waals surface area contributed by atoms with Crippen molar-refractivity contribution in [3.63, 3.8) is 0 Å². The van der Waals surface area contributed by atoms with E-state index in [1.165, 1.54) is 0 Å². The molecule has 0 atom stereocenters. The lowest BCUT2D eigenvalue weighted by molar-refractivity contribution is 0.0954. The maximum absolute atomic E-state index is 12.5. The van der Waals surface area contributed by atoms with E-state index in [1.807, 2.05) is 48.0 Å². The molecule has 0 fully saturated rings. The number of halogens is 1. The summed E-state index contributed by atoms with van der Waals surface area (Å²) in [5, 5.41) is 3.54. The van der Waals surface area contributed by atoms with Crippen LogP contribution in [0.1, 0.15) is 15.9 Å². The van der Waals surface area contributed by atoms with Gasteiger partial charge in [-0.25, -0.2) is 9.97 Å². The number of hydrogen-bond donors (Lipinski definition) is 1. The molecule has 6 nitrogen and oxygen atoms in total. The first kappa shape index (κ1) is 18.1. The van der Waals surface area contributed by atoms with Crippen molar-refractivity contribution in [1.29, 1.82) is 0 Å². The average Bonchev–Trinajstić information content (AvgIpc) is 3.05. The normalized spacial score (nSPS) is 10.9. The largest absolute Gasteiger partial charge is 0.352 e. The summed E-state index contributed by atoms with van der Waals surface area (Å²) in [6.07, 6.45) is 5.80. The Balaban J connectivity index is 1.54. The lowest BCUT2D eigenvalue weighted by atomic mass is 10.2. The van der Waals surface area contributed by atoms with Crippen molar-refractivity contribution in [2.45, 2.75) is 6.42 Å². The molecule has 1 N–H and O–H groups in total. The number of hydrogen-bond acceptors (Lipinski definition) is 4. The lowest BCUT2D eigenvalue weighted by Gasteiger charge is -2.05. The first-order valence-corrected chi connectivity index (χ1v) is 9.26. The smallest absolute Gasteiger partial charge is 0.252 e. The second-order valence-corrected chi connectivity index (χ2v) is 6.81. The molecule has 1 amide bonds. The van der Waals surface area contributed by atoms with Crippen molar-refractivity contribution >= 4 is 28.7 Å². The van der Waals surface area contributed by atoms with Crippen LogP contribution in [0.2, 0.25) is 5.02 Å². The molecule has 28 heavy (non-hydrogen) atoms. The Morgan fingerprint density at radius 2 is 1.96 bits per heavy atom. The van der Waals surface area contributed by atoms with Crippen LogP contribution < -0.4 is 5.32 Å². The number of benzene rings is 1. The third-order valence-electron chi connectivity index (χ3n) is 4.53. The van der Waals surface area contributed by atoms with Gasteiger partial charge in [-0.05, 0) is 42.3 Å². The first-order valence-electron chi connectivity index (χ1n) is 8.88. The summed E-state index contributed by atoms with van der Waals surface area (Å²) in [4.78, 5) is 25.5. The zero-order chi connectivity index (χ0) is 19.5. The van der Waals surface area contributed by atoms with Crippen molar-refractivity contribution in [3.8, 4) is 11.4 Å². The number of nitrogens with one attached hydrogen (secondary N) is 1. The van der Waals surface area contributed by atoms with Crippen molar-refractivity contribution in [2.75, 3.05) is 6.54 Å². The number of amides is 1. The monoisotopic (exact) mass is 391 g/mol. The van der Waals surface area contributed by atoms with Crippen LogP contribution in [0.25, 0.3) is 22.6 Å². The van der Waals surface area contributed by atoms with Gasteiger partial charge in [0.15, 0.2) is 5.65 Å². The van der Waals surface area contributed by atoms with Gasteiger partial charge in [0.1, 0.15) is 11.3 Å². The number of rotatable bonds is 5. The zero-order valence-electron chi connectivity index (χ0n) is 15.3. The van der Waals surface area contributed by atoms with Gasteiger partial charge >= 0.3 is 0 Å². The molecule has 0 spiro atoms. The molecule has 4 aromatic rings. The van der Waals surface area contributed by atoms with E-state index < -0.39 is 0 Å². The number of nitrogens with zero attached hydrogens (tertiary/aromatic N) is 4. The van der Waals surface area contributed by atoms with E-state index in [0.717, 1.165) is 17.5 Å². The molecule has 0 unspecified atom stereocenters. The zero-order valence-corrected chi connectivity index (χ0v) is 16.0. The van der Waals surface area contributed by atoms with Crippen LogP contribution in [0, 0.1) is 0 Å². The predicted molar refractivity (Wildman–Crippen MR) is 109 cm³/mol. The Labute approximate surface area is 167 Å². The van der Waals surface area contributed by atoms with Gasteiger partial charge in [0.2, 0.25) is 0 Å². The van der Waals surface area contributed by atoms with Crippen LogP contribution in [-0.2, 0) is 13.5 Å². The van der Waals surface area contributed by atoms with E-state index in [9.17, 15) is 4.79 Å². The number of pyridine rings is 2. The van der Waals surface area contributed by atoms with Gasteiger partial charge < -0.3 is 9.88 Å². The van der Waals surface area contributed by atoms with Crippen LogP contribution >= 0.6 is 11.6 Å². The number of aryl methyl sites for hydroxylation is 1. The maximum Gasteiger partial charge on any atom is 0.252 e. The predicted octanol–water partition coefficient (Wildman–Crippen LogP) is 3.66. The van der Waals surface area contributed by atoms with Crippen molar-refractivity contribution in [2.24, 2.45) is 7.05 Å². The highest BCUT2D eigenvalue weighted by atomic mass is 35.5. The molecule has 140 valence electrons. The minimum Gasteiger partial charge on any atom is -0.352 e. The quantitative estimate of drug-likeness (QED) is 0.563. The van der Waals surface area contributed by atoms with Crippen LogP contribution in [0.3, 0.4) is 0 Å². The third-order valence-corrected chi connectivity index (χ3v) is 4.86. The Bertz CT molecular complexity index is 1140. The van der Waals surface area contributed by atoms with Gasteiger partial charge in [-0.2, -0.15) is 0 Å². The fourth-order valence-corrected chi connectivity index (χ4v) is 3.28. The molecule has 0 bridgehead atoms. The van der Waals surface area contributed by atoms with Gasteiger partial charge in [-0.3, -0.25) is 9.78 Å². The van der Waals surface area contributed by atoms with Gasteiger partial charge in [0.05, 0.1) is 10.6 Å². The van der Waals surface area contributed by atoms with Crippen LogP contribution in [0.15, 0.2) is 61.1 Å². The molecule has 3 aromatic heterocycles. The number of carbonyl (C=O) groups excluding carboxylic acids is 1. The molecular formula is C21H18ClN5O. The fraction of sp³-hybridized carbons (Fsp3) is 0.143. The average molecular weight is 392 g/mol. The molecule has 0 saturated heterocycles. The Morgan fingerprint density at radius 3 is 2.75 bits per heavy atom. The topological polar surface area (TPSA) is 72.7 Å².